The number of Topliss-reactive ketones (excluding diaryl/α,β-unsaturated/α-hetero) is 1. The largest absolute Gasteiger partial charge is 0.374 e. The van der Waals surface area contributed by atoms with Crippen molar-refractivity contribution in [3.05, 3.63) is 46.4 Å². The molecule has 1 saturated heterocycles. The summed E-state index contributed by atoms with van der Waals surface area (Å²) in [5.41, 5.74) is 0.801. The van der Waals surface area contributed by atoms with Gasteiger partial charge in [0.2, 0.25) is 0 Å². The van der Waals surface area contributed by atoms with Crippen molar-refractivity contribution in [2.24, 2.45) is 11.8 Å². The third-order valence-electron chi connectivity index (χ3n) is 4.68. The van der Waals surface area contributed by atoms with Crippen LogP contribution in [-0.4, -0.2) is 18.0 Å². The van der Waals surface area contributed by atoms with Gasteiger partial charge in [-0.25, -0.2) is 0 Å². The molecule has 4 atom stereocenters. The van der Waals surface area contributed by atoms with E-state index in [0.29, 0.717) is 0 Å². The van der Waals surface area contributed by atoms with Crippen molar-refractivity contribution < 1.29 is 9.53 Å². The van der Waals surface area contributed by atoms with Crippen LogP contribution in [0.25, 0.3) is 10.8 Å². The number of fused-ring (bicyclic) bond motifs is 1. The zero-order chi connectivity index (χ0) is 15.1. The number of hydrogen-bond acceptors (Lipinski definition) is 2. The van der Waals surface area contributed by atoms with Gasteiger partial charge in [-0.1, -0.05) is 47.1 Å². The topological polar surface area (TPSA) is 26.3 Å². The minimum atomic E-state index is -0.0652. The summed E-state index contributed by atoms with van der Waals surface area (Å²) < 4.78 is 6.85. The van der Waals surface area contributed by atoms with E-state index < -0.39 is 0 Å². The van der Waals surface area contributed by atoms with Crippen molar-refractivity contribution in [2.75, 3.05) is 0 Å². The van der Waals surface area contributed by atoms with Crippen LogP contribution in [0.3, 0.4) is 0 Å². The predicted molar refractivity (Wildman–Crippen MR) is 88.6 cm³/mol. The molecule has 2 aromatic carbocycles. The molecule has 1 heterocycles. The summed E-state index contributed by atoms with van der Waals surface area (Å²) in [4.78, 5) is 13.0. The first-order valence-electron chi connectivity index (χ1n) is 7.37. The van der Waals surface area contributed by atoms with Crippen LogP contribution in [0.15, 0.2) is 40.9 Å². The van der Waals surface area contributed by atoms with E-state index in [1.807, 2.05) is 50.2 Å². The third-order valence-corrected chi connectivity index (χ3v) is 5.37. The lowest BCUT2D eigenvalue weighted by Gasteiger charge is -2.18. The van der Waals surface area contributed by atoms with Crippen LogP contribution in [0.1, 0.15) is 31.1 Å². The lowest BCUT2D eigenvalue weighted by atomic mass is 9.82. The SMILES string of the molecule is CC1OC(C)C(C(=O)c2ccc(Br)c3ccccc23)C1C. The lowest BCUT2D eigenvalue weighted by molar-refractivity contribution is 0.0491. The van der Waals surface area contributed by atoms with Gasteiger partial charge in [-0.3, -0.25) is 4.79 Å². The highest BCUT2D eigenvalue weighted by molar-refractivity contribution is 9.10. The molecule has 0 aromatic heterocycles. The average molecular weight is 347 g/mol. The fourth-order valence-electron chi connectivity index (χ4n) is 3.38. The van der Waals surface area contributed by atoms with Gasteiger partial charge in [-0.2, -0.15) is 0 Å². The average Bonchev–Trinajstić information content (AvgIpc) is 2.72. The van der Waals surface area contributed by atoms with Crippen molar-refractivity contribution in [3.8, 4) is 0 Å². The van der Waals surface area contributed by atoms with Crippen molar-refractivity contribution in [2.45, 2.75) is 33.0 Å². The van der Waals surface area contributed by atoms with Gasteiger partial charge in [0.15, 0.2) is 5.78 Å². The maximum atomic E-state index is 13.0. The second-order valence-corrected chi connectivity index (χ2v) is 6.79. The predicted octanol–water partition coefficient (Wildman–Crippen LogP) is 4.84. The number of carbonyl (C=O) groups excluding carboxylic acids is 1. The van der Waals surface area contributed by atoms with E-state index in [4.69, 9.17) is 4.74 Å². The molecule has 0 saturated carbocycles. The fraction of sp³-hybridized carbons (Fsp3) is 0.389. The van der Waals surface area contributed by atoms with E-state index in [1.54, 1.807) is 0 Å². The lowest BCUT2D eigenvalue weighted by Crippen LogP contribution is -2.27. The highest BCUT2D eigenvalue weighted by Gasteiger charge is 2.42. The summed E-state index contributed by atoms with van der Waals surface area (Å²) in [6, 6.07) is 11.9. The van der Waals surface area contributed by atoms with Gasteiger partial charge in [-0.15, -0.1) is 0 Å². The van der Waals surface area contributed by atoms with Gasteiger partial charge in [0.05, 0.1) is 18.1 Å². The van der Waals surface area contributed by atoms with Crippen molar-refractivity contribution >= 4 is 32.5 Å². The maximum absolute atomic E-state index is 13.0. The van der Waals surface area contributed by atoms with Crippen molar-refractivity contribution in [3.63, 3.8) is 0 Å². The van der Waals surface area contributed by atoms with Gasteiger partial charge >= 0.3 is 0 Å². The van der Waals surface area contributed by atoms with E-state index in [-0.39, 0.29) is 29.8 Å². The Morgan fingerprint density at radius 2 is 1.67 bits per heavy atom. The standard InChI is InChI=1S/C18H19BrO2/c1-10-11(2)21-12(3)17(10)18(20)15-8-9-16(19)14-7-5-4-6-13(14)15/h4-12,17H,1-3H3. The molecule has 2 aromatic rings. The van der Waals surface area contributed by atoms with Crippen LogP contribution < -0.4 is 0 Å². The molecule has 0 radical (unpaired) electrons. The number of carbonyl (C=O) groups is 1. The Bertz CT molecular complexity index is 695. The normalized spacial score (nSPS) is 29.0. The van der Waals surface area contributed by atoms with Gasteiger partial charge in [0, 0.05) is 10.0 Å². The Hall–Kier alpha value is -1.19. The summed E-state index contributed by atoms with van der Waals surface area (Å²) in [7, 11) is 0. The number of halogens is 1. The Morgan fingerprint density at radius 3 is 2.29 bits per heavy atom. The quantitative estimate of drug-likeness (QED) is 0.727. The van der Waals surface area contributed by atoms with Crippen LogP contribution in [0.4, 0.5) is 0 Å². The first kappa shape index (κ1) is 14.7. The first-order valence-corrected chi connectivity index (χ1v) is 8.17. The van der Waals surface area contributed by atoms with Gasteiger partial charge in [-0.05, 0) is 42.7 Å². The summed E-state index contributed by atoms with van der Waals surface area (Å²) >= 11 is 3.56. The zero-order valence-electron chi connectivity index (χ0n) is 12.5. The summed E-state index contributed by atoms with van der Waals surface area (Å²) in [5, 5.41) is 2.09. The van der Waals surface area contributed by atoms with Crippen LogP contribution >= 0.6 is 15.9 Å². The zero-order valence-corrected chi connectivity index (χ0v) is 14.1. The molecule has 0 aliphatic carbocycles. The Kier molecular flexibility index (Phi) is 3.89. The number of rotatable bonds is 2. The minimum absolute atomic E-state index is 0.0232. The highest BCUT2D eigenvalue weighted by Crippen LogP contribution is 2.36. The van der Waals surface area contributed by atoms with Gasteiger partial charge in [0.25, 0.3) is 0 Å². The van der Waals surface area contributed by atoms with Gasteiger partial charge < -0.3 is 4.74 Å². The number of ether oxygens (including phenoxy) is 1. The molecule has 1 aliphatic heterocycles. The van der Waals surface area contributed by atoms with E-state index in [0.717, 1.165) is 20.8 Å². The number of benzene rings is 2. The molecule has 21 heavy (non-hydrogen) atoms. The van der Waals surface area contributed by atoms with E-state index in [1.165, 1.54) is 0 Å². The monoisotopic (exact) mass is 346 g/mol. The molecule has 3 heteroatoms. The fourth-order valence-corrected chi connectivity index (χ4v) is 3.85. The van der Waals surface area contributed by atoms with Crippen molar-refractivity contribution in [1.29, 1.82) is 0 Å². The van der Waals surface area contributed by atoms with Crippen LogP contribution in [0.5, 0.6) is 0 Å². The Labute approximate surface area is 133 Å². The third kappa shape index (κ3) is 2.43. The van der Waals surface area contributed by atoms with E-state index in [2.05, 4.69) is 22.9 Å². The summed E-state index contributed by atoms with van der Waals surface area (Å²) in [6.45, 7) is 6.16. The second kappa shape index (κ2) is 5.54. The molecule has 3 rings (SSSR count). The Balaban J connectivity index is 2.09. The number of ketones is 1. The first-order chi connectivity index (χ1) is 10.0. The molecule has 0 N–H and O–H groups in total. The molecular formula is C18H19BrO2. The van der Waals surface area contributed by atoms with Crippen LogP contribution in [-0.2, 0) is 4.74 Å². The molecule has 1 aliphatic rings. The van der Waals surface area contributed by atoms with E-state index >= 15 is 0 Å². The molecular weight excluding hydrogens is 328 g/mol. The Morgan fingerprint density at radius 1 is 1.00 bits per heavy atom. The smallest absolute Gasteiger partial charge is 0.169 e. The minimum Gasteiger partial charge on any atom is -0.374 e. The number of hydrogen-bond donors (Lipinski definition) is 0. The maximum Gasteiger partial charge on any atom is 0.169 e. The molecule has 0 bridgehead atoms. The molecule has 0 amide bonds. The molecule has 4 unspecified atom stereocenters. The molecule has 1 fully saturated rings. The molecule has 110 valence electrons. The van der Waals surface area contributed by atoms with Crippen LogP contribution in [0.2, 0.25) is 0 Å². The highest BCUT2D eigenvalue weighted by atomic mass is 79.9. The molecule has 2 nitrogen and oxygen atoms in total. The summed E-state index contributed by atoms with van der Waals surface area (Å²) in [6.07, 6.45) is 0.112. The summed E-state index contributed by atoms with van der Waals surface area (Å²) in [5.74, 6) is 0.377. The van der Waals surface area contributed by atoms with Gasteiger partial charge in [0.1, 0.15) is 0 Å². The van der Waals surface area contributed by atoms with Crippen LogP contribution in [0, 0.1) is 11.8 Å². The molecule has 0 spiro atoms. The second-order valence-electron chi connectivity index (χ2n) is 5.94. The van der Waals surface area contributed by atoms with Crippen molar-refractivity contribution in [1.82, 2.24) is 0 Å². The van der Waals surface area contributed by atoms with E-state index in [9.17, 15) is 4.79 Å².